The van der Waals surface area contributed by atoms with E-state index in [1.807, 2.05) is 24.3 Å². The van der Waals surface area contributed by atoms with E-state index in [0.717, 1.165) is 5.56 Å². The summed E-state index contributed by atoms with van der Waals surface area (Å²) < 4.78 is 0. The highest BCUT2D eigenvalue weighted by molar-refractivity contribution is 6.39. The predicted molar refractivity (Wildman–Crippen MR) is 88.0 cm³/mol. The summed E-state index contributed by atoms with van der Waals surface area (Å²) in [5.74, 6) is -1.46. The Balaban J connectivity index is 1.80. The Hall–Kier alpha value is -2.84. The number of anilines is 1. The quantitative estimate of drug-likeness (QED) is 0.846. The van der Waals surface area contributed by atoms with Crippen LogP contribution in [-0.4, -0.2) is 18.4 Å². The van der Waals surface area contributed by atoms with Crippen LogP contribution in [0.25, 0.3) is 0 Å². The van der Waals surface area contributed by atoms with Gasteiger partial charge in [-0.25, -0.2) is 0 Å². The van der Waals surface area contributed by atoms with E-state index in [0.29, 0.717) is 29.2 Å². The molecule has 0 unspecified atom stereocenters. The van der Waals surface area contributed by atoms with Gasteiger partial charge in [0.05, 0.1) is 11.6 Å². The zero-order chi connectivity index (χ0) is 16.7. The molecule has 0 saturated carbocycles. The van der Waals surface area contributed by atoms with Crippen LogP contribution in [0.2, 0.25) is 5.02 Å². The molecule has 0 radical (unpaired) electrons. The molecule has 0 spiro atoms. The molecule has 0 aliphatic heterocycles. The van der Waals surface area contributed by atoms with Crippen molar-refractivity contribution in [1.82, 2.24) is 5.32 Å². The van der Waals surface area contributed by atoms with Gasteiger partial charge in [-0.2, -0.15) is 5.26 Å². The van der Waals surface area contributed by atoms with E-state index in [1.165, 1.54) is 0 Å². The van der Waals surface area contributed by atoms with Crippen LogP contribution in [0.15, 0.2) is 48.5 Å². The average Bonchev–Trinajstić information content (AvgIpc) is 2.55. The fourth-order valence-corrected chi connectivity index (χ4v) is 2.12. The third-order valence-electron chi connectivity index (χ3n) is 3.07. The number of nitrogens with one attached hydrogen (secondary N) is 2. The molecule has 2 rings (SSSR count). The Morgan fingerprint density at radius 3 is 2.48 bits per heavy atom. The van der Waals surface area contributed by atoms with Crippen LogP contribution < -0.4 is 10.6 Å². The normalized spacial score (nSPS) is 9.74. The summed E-state index contributed by atoms with van der Waals surface area (Å²) in [5, 5.41) is 14.3. The molecule has 0 aliphatic carbocycles. The van der Waals surface area contributed by atoms with Gasteiger partial charge in [0.15, 0.2) is 0 Å². The minimum atomic E-state index is -0.749. The number of hydrogen-bond donors (Lipinski definition) is 2. The third kappa shape index (κ3) is 5.13. The summed E-state index contributed by atoms with van der Waals surface area (Å²) in [7, 11) is 0. The maximum absolute atomic E-state index is 11.8. The first kappa shape index (κ1) is 16.5. The lowest BCUT2D eigenvalue weighted by Crippen LogP contribution is -2.36. The van der Waals surface area contributed by atoms with Crippen molar-refractivity contribution in [3.63, 3.8) is 0 Å². The minimum absolute atomic E-state index is 0.333. The maximum Gasteiger partial charge on any atom is 0.313 e. The molecule has 2 aromatic carbocycles. The molecule has 6 heteroatoms. The number of hydrogen-bond acceptors (Lipinski definition) is 3. The molecule has 0 saturated heterocycles. The number of carbonyl (C=O) groups is 2. The van der Waals surface area contributed by atoms with Crippen molar-refractivity contribution in [2.24, 2.45) is 0 Å². The van der Waals surface area contributed by atoms with Crippen LogP contribution in [0, 0.1) is 11.3 Å². The Morgan fingerprint density at radius 2 is 1.83 bits per heavy atom. The number of carbonyl (C=O) groups excluding carboxylic acids is 2. The summed E-state index contributed by atoms with van der Waals surface area (Å²) >= 11 is 5.88. The van der Waals surface area contributed by atoms with Crippen molar-refractivity contribution in [1.29, 1.82) is 5.26 Å². The molecule has 2 aromatic rings. The molecular formula is C17H14ClN3O2. The van der Waals surface area contributed by atoms with Gasteiger partial charge in [0.2, 0.25) is 0 Å². The van der Waals surface area contributed by atoms with Crippen LogP contribution in [-0.2, 0) is 16.0 Å². The van der Waals surface area contributed by atoms with Crippen LogP contribution in [0.3, 0.4) is 0 Å². The SMILES string of the molecule is N#Cc1ccc(NC(=O)C(=O)NCCc2cccc(Cl)c2)cc1. The number of rotatable bonds is 4. The van der Waals surface area contributed by atoms with Crippen LogP contribution in [0.1, 0.15) is 11.1 Å². The van der Waals surface area contributed by atoms with Crippen molar-refractivity contribution < 1.29 is 9.59 Å². The zero-order valence-electron chi connectivity index (χ0n) is 12.2. The van der Waals surface area contributed by atoms with E-state index >= 15 is 0 Å². The number of amides is 2. The van der Waals surface area contributed by atoms with Gasteiger partial charge in [-0.15, -0.1) is 0 Å². The zero-order valence-corrected chi connectivity index (χ0v) is 12.9. The van der Waals surface area contributed by atoms with E-state index < -0.39 is 11.8 Å². The second-order valence-corrected chi connectivity index (χ2v) is 5.22. The van der Waals surface area contributed by atoms with Crippen molar-refractivity contribution in [3.05, 3.63) is 64.7 Å². The second-order valence-electron chi connectivity index (χ2n) is 4.78. The topological polar surface area (TPSA) is 82.0 Å². The Kier molecular flexibility index (Phi) is 5.73. The summed E-state index contributed by atoms with van der Waals surface area (Å²) in [6.07, 6.45) is 0.580. The number of nitrogens with zero attached hydrogens (tertiary/aromatic N) is 1. The lowest BCUT2D eigenvalue weighted by Gasteiger charge is -2.07. The molecule has 116 valence electrons. The Morgan fingerprint density at radius 1 is 1.09 bits per heavy atom. The van der Waals surface area contributed by atoms with Gasteiger partial charge >= 0.3 is 11.8 Å². The maximum atomic E-state index is 11.8. The van der Waals surface area contributed by atoms with Gasteiger partial charge in [-0.1, -0.05) is 23.7 Å². The average molecular weight is 328 g/mol. The van der Waals surface area contributed by atoms with Gasteiger partial charge in [-0.05, 0) is 48.4 Å². The van der Waals surface area contributed by atoms with E-state index in [9.17, 15) is 9.59 Å². The lowest BCUT2D eigenvalue weighted by atomic mass is 10.1. The van der Waals surface area contributed by atoms with E-state index in [4.69, 9.17) is 16.9 Å². The molecule has 5 nitrogen and oxygen atoms in total. The predicted octanol–water partition coefficient (Wildman–Crippen LogP) is 2.51. The molecule has 0 bridgehead atoms. The lowest BCUT2D eigenvalue weighted by molar-refractivity contribution is -0.136. The molecule has 0 aliphatic rings. The monoisotopic (exact) mass is 327 g/mol. The Labute approximate surface area is 138 Å². The molecule has 23 heavy (non-hydrogen) atoms. The highest BCUT2D eigenvalue weighted by Gasteiger charge is 2.13. The first-order valence-corrected chi connectivity index (χ1v) is 7.30. The molecular weight excluding hydrogens is 314 g/mol. The van der Waals surface area contributed by atoms with Gasteiger partial charge < -0.3 is 10.6 Å². The van der Waals surface area contributed by atoms with Crippen LogP contribution >= 0.6 is 11.6 Å². The molecule has 0 aromatic heterocycles. The molecule has 0 heterocycles. The van der Waals surface area contributed by atoms with E-state index in [1.54, 1.807) is 30.3 Å². The number of halogens is 1. The minimum Gasteiger partial charge on any atom is -0.347 e. The highest BCUT2D eigenvalue weighted by atomic mass is 35.5. The molecule has 2 amide bonds. The van der Waals surface area contributed by atoms with Gasteiger partial charge in [-0.3, -0.25) is 9.59 Å². The number of nitriles is 1. The number of benzene rings is 2. The highest BCUT2D eigenvalue weighted by Crippen LogP contribution is 2.11. The second kappa shape index (κ2) is 7.97. The molecule has 0 fully saturated rings. The largest absolute Gasteiger partial charge is 0.347 e. The Bertz CT molecular complexity index is 751. The van der Waals surface area contributed by atoms with Crippen molar-refractivity contribution in [2.45, 2.75) is 6.42 Å². The van der Waals surface area contributed by atoms with Gasteiger partial charge in [0, 0.05) is 17.3 Å². The third-order valence-corrected chi connectivity index (χ3v) is 3.30. The van der Waals surface area contributed by atoms with Crippen LogP contribution in [0.4, 0.5) is 5.69 Å². The summed E-state index contributed by atoms with van der Waals surface area (Å²) in [4.78, 5) is 23.5. The van der Waals surface area contributed by atoms with Gasteiger partial charge in [0.25, 0.3) is 0 Å². The van der Waals surface area contributed by atoms with E-state index in [-0.39, 0.29) is 0 Å². The summed E-state index contributed by atoms with van der Waals surface area (Å²) in [5.41, 5.74) is 1.92. The molecule has 2 N–H and O–H groups in total. The fraction of sp³-hybridized carbons (Fsp3) is 0.118. The van der Waals surface area contributed by atoms with Crippen molar-refractivity contribution in [3.8, 4) is 6.07 Å². The first-order chi connectivity index (χ1) is 11.1. The fourth-order valence-electron chi connectivity index (χ4n) is 1.91. The van der Waals surface area contributed by atoms with Gasteiger partial charge in [0.1, 0.15) is 0 Å². The smallest absolute Gasteiger partial charge is 0.313 e. The van der Waals surface area contributed by atoms with Crippen molar-refractivity contribution >= 4 is 29.1 Å². The first-order valence-electron chi connectivity index (χ1n) is 6.92. The summed E-state index contributed by atoms with van der Waals surface area (Å²) in [6, 6.07) is 15.5. The van der Waals surface area contributed by atoms with Crippen molar-refractivity contribution in [2.75, 3.05) is 11.9 Å². The summed E-state index contributed by atoms with van der Waals surface area (Å²) in [6.45, 7) is 0.333. The van der Waals surface area contributed by atoms with E-state index in [2.05, 4.69) is 10.6 Å². The molecule has 0 atom stereocenters. The standard InChI is InChI=1S/C17H14ClN3O2/c18-14-3-1-2-12(10-14)8-9-20-16(22)17(23)21-15-6-4-13(11-19)5-7-15/h1-7,10H,8-9H2,(H,20,22)(H,21,23). The van der Waals surface area contributed by atoms with Crippen LogP contribution in [0.5, 0.6) is 0 Å².